The second kappa shape index (κ2) is 7.04. The molecule has 1 N–H and O–H groups in total. The van der Waals surface area contributed by atoms with E-state index in [1.54, 1.807) is 72.9 Å². The molecule has 1 aromatic carbocycles. The van der Waals surface area contributed by atoms with Gasteiger partial charge in [-0.3, -0.25) is 14.0 Å². The van der Waals surface area contributed by atoms with Crippen molar-refractivity contribution in [1.82, 2.24) is 34.7 Å². The molecule has 0 radical (unpaired) electrons. The van der Waals surface area contributed by atoms with Crippen LogP contribution in [0.15, 0.2) is 61.3 Å². The van der Waals surface area contributed by atoms with Crippen molar-refractivity contribution in [1.29, 1.82) is 0 Å². The number of carbonyl (C=O) groups excluding carboxylic acids is 1. The maximum atomic E-state index is 12.0. The third-order valence-corrected chi connectivity index (χ3v) is 3.56. The molecule has 10 nitrogen and oxygen atoms in total. The average Bonchev–Trinajstić information content (AvgIpc) is 3.36. The first-order valence-corrected chi connectivity index (χ1v) is 7.95. The summed E-state index contributed by atoms with van der Waals surface area (Å²) in [5, 5.41) is 18.4. The molecule has 0 saturated heterocycles. The number of carbonyl (C=O) groups is 1. The lowest BCUT2D eigenvalue weighted by Gasteiger charge is -2.07. The molecule has 4 rings (SSSR count). The van der Waals surface area contributed by atoms with Crippen LogP contribution in [0.5, 0.6) is 11.6 Å². The van der Waals surface area contributed by atoms with E-state index in [9.17, 15) is 4.79 Å². The van der Waals surface area contributed by atoms with Crippen molar-refractivity contribution in [2.24, 2.45) is 7.05 Å². The highest BCUT2D eigenvalue weighted by Crippen LogP contribution is 2.21. The van der Waals surface area contributed by atoms with Gasteiger partial charge in [0.05, 0.1) is 6.20 Å². The van der Waals surface area contributed by atoms with E-state index in [1.807, 2.05) is 0 Å². The van der Waals surface area contributed by atoms with Crippen molar-refractivity contribution in [3.05, 3.63) is 67.0 Å². The van der Waals surface area contributed by atoms with E-state index in [1.165, 1.54) is 4.68 Å². The topological polar surface area (TPSA) is 113 Å². The number of ether oxygens (including phenoxy) is 1. The van der Waals surface area contributed by atoms with Gasteiger partial charge in [0.1, 0.15) is 12.1 Å². The number of amides is 1. The number of nitrogens with one attached hydrogen (secondary N) is 1. The molecule has 0 aliphatic carbocycles. The molecule has 1 amide bonds. The first-order valence-electron chi connectivity index (χ1n) is 7.95. The van der Waals surface area contributed by atoms with Crippen molar-refractivity contribution in [3.63, 3.8) is 0 Å². The Morgan fingerprint density at radius 2 is 1.93 bits per heavy atom. The SMILES string of the molecule is Cn1cc(C(=O)Nc2ccc(Oc3ccc(-n4ccnc4)nn3)cc2)nn1. The maximum absolute atomic E-state index is 12.0. The van der Waals surface area contributed by atoms with Crippen molar-refractivity contribution in [2.45, 2.75) is 0 Å². The molecule has 0 fully saturated rings. The summed E-state index contributed by atoms with van der Waals surface area (Å²) in [6.45, 7) is 0. The van der Waals surface area contributed by atoms with Crippen LogP contribution in [-0.2, 0) is 7.05 Å². The van der Waals surface area contributed by atoms with Crippen LogP contribution in [0.2, 0.25) is 0 Å². The largest absolute Gasteiger partial charge is 0.438 e. The summed E-state index contributed by atoms with van der Waals surface area (Å²) in [6.07, 6.45) is 6.62. The number of hydrogen-bond donors (Lipinski definition) is 1. The van der Waals surface area contributed by atoms with E-state index in [4.69, 9.17) is 4.74 Å². The van der Waals surface area contributed by atoms with Crippen molar-refractivity contribution >= 4 is 11.6 Å². The monoisotopic (exact) mass is 362 g/mol. The first kappa shape index (κ1) is 16.4. The molecule has 0 unspecified atom stereocenters. The highest BCUT2D eigenvalue weighted by molar-refractivity contribution is 6.02. The summed E-state index contributed by atoms with van der Waals surface area (Å²) in [5.41, 5.74) is 0.852. The second-order valence-electron chi connectivity index (χ2n) is 5.56. The lowest BCUT2D eigenvalue weighted by Crippen LogP contribution is -2.12. The summed E-state index contributed by atoms with van der Waals surface area (Å²) in [6, 6.07) is 10.4. The number of anilines is 1. The minimum atomic E-state index is -0.335. The lowest BCUT2D eigenvalue weighted by atomic mass is 10.3. The fraction of sp³-hybridized carbons (Fsp3) is 0.0588. The smallest absolute Gasteiger partial charge is 0.277 e. The zero-order valence-electron chi connectivity index (χ0n) is 14.2. The van der Waals surface area contributed by atoms with Gasteiger partial charge in [0.25, 0.3) is 5.91 Å². The van der Waals surface area contributed by atoms with E-state index < -0.39 is 0 Å². The predicted octanol–water partition coefficient (Wildman–Crippen LogP) is 1.84. The summed E-state index contributed by atoms with van der Waals surface area (Å²) in [4.78, 5) is 16.0. The van der Waals surface area contributed by atoms with Gasteiger partial charge in [0.15, 0.2) is 11.5 Å². The van der Waals surface area contributed by atoms with E-state index in [0.29, 0.717) is 23.1 Å². The molecule has 10 heteroatoms. The van der Waals surface area contributed by atoms with Crippen LogP contribution >= 0.6 is 0 Å². The number of hydrogen-bond acceptors (Lipinski definition) is 7. The Morgan fingerprint density at radius 1 is 1.07 bits per heavy atom. The van der Waals surface area contributed by atoms with Crippen LogP contribution in [-0.4, -0.2) is 40.6 Å². The van der Waals surface area contributed by atoms with Crippen LogP contribution in [0.25, 0.3) is 5.82 Å². The maximum Gasteiger partial charge on any atom is 0.277 e. The van der Waals surface area contributed by atoms with Gasteiger partial charge in [-0.2, -0.15) is 0 Å². The van der Waals surface area contributed by atoms with E-state index in [2.05, 4.69) is 30.8 Å². The van der Waals surface area contributed by atoms with Crippen LogP contribution in [0.1, 0.15) is 10.5 Å². The zero-order chi connectivity index (χ0) is 18.6. The highest BCUT2D eigenvalue weighted by Gasteiger charge is 2.10. The molecule has 27 heavy (non-hydrogen) atoms. The Morgan fingerprint density at radius 3 is 2.56 bits per heavy atom. The van der Waals surface area contributed by atoms with Gasteiger partial charge in [0, 0.05) is 31.2 Å². The fourth-order valence-corrected chi connectivity index (χ4v) is 2.27. The Kier molecular flexibility index (Phi) is 4.27. The molecule has 0 saturated carbocycles. The molecule has 3 aromatic heterocycles. The molecule has 0 bridgehead atoms. The van der Waals surface area contributed by atoms with Crippen molar-refractivity contribution in [3.8, 4) is 17.4 Å². The molecular formula is C17H14N8O2. The van der Waals surface area contributed by atoms with Gasteiger partial charge < -0.3 is 10.1 Å². The van der Waals surface area contributed by atoms with E-state index >= 15 is 0 Å². The van der Waals surface area contributed by atoms with Crippen molar-refractivity contribution < 1.29 is 9.53 Å². The molecule has 4 aromatic rings. The number of aryl methyl sites for hydroxylation is 1. The summed E-state index contributed by atoms with van der Waals surface area (Å²) < 4.78 is 8.87. The first-order chi connectivity index (χ1) is 13.2. The molecule has 0 spiro atoms. The van der Waals surface area contributed by atoms with Crippen LogP contribution < -0.4 is 10.1 Å². The third kappa shape index (κ3) is 3.79. The van der Waals surface area contributed by atoms with Gasteiger partial charge in [-0.25, -0.2) is 4.98 Å². The van der Waals surface area contributed by atoms with Gasteiger partial charge in [-0.1, -0.05) is 5.21 Å². The normalized spacial score (nSPS) is 10.6. The molecule has 0 aliphatic rings. The Hall–Kier alpha value is -4.08. The molecule has 0 aliphatic heterocycles. The standard InChI is InChI=1S/C17H14N8O2/c1-24-10-14(20-23-24)17(26)19-12-2-4-13(5-3-12)27-16-7-6-15(21-22-16)25-9-8-18-11-25/h2-11H,1H3,(H,19,26). The molecular weight excluding hydrogens is 348 g/mol. The van der Waals surface area contributed by atoms with E-state index in [0.717, 1.165) is 0 Å². The van der Waals surface area contributed by atoms with Crippen LogP contribution in [0.4, 0.5) is 5.69 Å². The second-order valence-corrected chi connectivity index (χ2v) is 5.56. The highest BCUT2D eigenvalue weighted by atomic mass is 16.5. The molecule has 0 atom stereocenters. The number of aromatic nitrogens is 7. The van der Waals surface area contributed by atoms with Gasteiger partial charge in [-0.05, 0) is 30.3 Å². The van der Waals surface area contributed by atoms with Crippen molar-refractivity contribution in [2.75, 3.05) is 5.32 Å². The van der Waals surface area contributed by atoms with Crippen LogP contribution in [0.3, 0.4) is 0 Å². The summed E-state index contributed by atoms with van der Waals surface area (Å²) in [5.74, 6) is 1.23. The van der Waals surface area contributed by atoms with Gasteiger partial charge in [0.2, 0.25) is 5.88 Å². The number of benzene rings is 1. The summed E-state index contributed by atoms with van der Waals surface area (Å²) >= 11 is 0. The quantitative estimate of drug-likeness (QED) is 0.576. The minimum Gasteiger partial charge on any atom is -0.438 e. The Labute approximate surface area is 153 Å². The van der Waals surface area contributed by atoms with Gasteiger partial charge in [-0.15, -0.1) is 15.3 Å². The third-order valence-electron chi connectivity index (χ3n) is 3.56. The Balaban J connectivity index is 1.39. The number of imidazole rings is 1. The van der Waals surface area contributed by atoms with Crippen LogP contribution in [0, 0.1) is 0 Å². The van der Waals surface area contributed by atoms with Gasteiger partial charge >= 0.3 is 0 Å². The van der Waals surface area contributed by atoms with E-state index in [-0.39, 0.29) is 11.6 Å². The molecule has 134 valence electrons. The molecule has 3 heterocycles. The zero-order valence-corrected chi connectivity index (χ0v) is 14.2. The number of nitrogens with zero attached hydrogens (tertiary/aromatic N) is 7. The minimum absolute atomic E-state index is 0.242. The Bertz CT molecular complexity index is 1040. The predicted molar refractivity (Wildman–Crippen MR) is 94.6 cm³/mol. The number of rotatable bonds is 5. The average molecular weight is 362 g/mol. The lowest BCUT2D eigenvalue weighted by molar-refractivity contribution is 0.102. The summed E-state index contributed by atoms with van der Waals surface area (Å²) in [7, 11) is 1.70. The fourth-order valence-electron chi connectivity index (χ4n) is 2.27.